The van der Waals surface area contributed by atoms with Crippen LogP contribution in [0.5, 0.6) is 0 Å². The lowest BCUT2D eigenvalue weighted by Crippen LogP contribution is -1.81. The van der Waals surface area contributed by atoms with Crippen molar-refractivity contribution in [1.82, 2.24) is 9.97 Å². The molecule has 0 aliphatic carbocycles. The van der Waals surface area contributed by atoms with E-state index in [1.54, 1.807) is 11.3 Å². The number of aryl methyl sites for hydroxylation is 1. The van der Waals surface area contributed by atoms with Crippen LogP contribution in [0.2, 0.25) is 0 Å². The summed E-state index contributed by atoms with van der Waals surface area (Å²) in [5, 5.41) is 4.41. The molecule has 0 spiro atoms. The molecule has 0 saturated heterocycles. The summed E-state index contributed by atoms with van der Waals surface area (Å²) in [5.74, 6) is 0.700. The standard InChI is InChI=1S/C13H12N2S2/c1-8-13(11-7-17-12(6-16)15-11)9-4-2-3-5-10(9)14-8/h2-5,7,14,16H,6H2,1H3. The van der Waals surface area contributed by atoms with Crippen molar-refractivity contribution in [3.05, 3.63) is 40.3 Å². The van der Waals surface area contributed by atoms with Gasteiger partial charge in [-0.25, -0.2) is 4.98 Å². The second kappa shape index (κ2) is 4.20. The first-order chi connectivity index (χ1) is 8.29. The molecule has 3 aromatic rings. The van der Waals surface area contributed by atoms with E-state index in [1.807, 2.05) is 6.07 Å². The largest absolute Gasteiger partial charge is 0.358 e. The first kappa shape index (κ1) is 10.9. The average Bonchev–Trinajstić information content (AvgIpc) is 2.91. The SMILES string of the molecule is Cc1[nH]c2ccccc2c1-c1csc(CS)n1. The second-order valence-corrected chi connectivity index (χ2v) is 5.21. The van der Waals surface area contributed by atoms with E-state index < -0.39 is 0 Å². The summed E-state index contributed by atoms with van der Waals surface area (Å²) in [6, 6.07) is 8.33. The molecule has 2 nitrogen and oxygen atoms in total. The lowest BCUT2D eigenvalue weighted by Gasteiger charge is -1.96. The molecule has 4 heteroatoms. The molecule has 0 bridgehead atoms. The number of rotatable bonds is 2. The minimum Gasteiger partial charge on any atom is -0.358 e. The Balaban J connectivity index is 2.25. The van der Waals surface area contributed by atoms with E-state index >= 15 is 0 Å². The molecule has 0 radical (unpaired) electrons. The molecule has 2 heterocycles. The first-order valence-corrected chi connectivity index (χ1v) is 6.93. The van der Waals surface area contributed by atoms with Crippen molar-refractivity contribution in [3.8, 4) is 11.3 Å². The fourth-order valence-electron chi connectivity index (χ4n) is 2.11. The minimum absolute atomic E-state index is 0.700. The molecule has 17 heavy (non-hydrogen) atoms. The van der Waals surface area contributed by atoms with Gasteiger partial charge in [0.05, 0.1) is 5.69 Å². The van der Waals surface area contributed by atoms with Crippen molar-refractivity contribution in [2.45, 2.75) is 12.7 Å². The predicted molar refractivity (Wildman–Crippen MR) is 76.8 cm³/mol. The zero-order chi connectivity index (χ0) is 11.8. The molecule has 0 saturated carbocycles. The molecule has 1 aromatic carbocycles. The maximum atomic E-state index is 4.60. The molecule has 0 fully saturated rings. The number of fused-ring (bicyclic) bond motifs is 1. The van der Waals surface area contributed by atoms with Gasteiger partial charge in [-0.1, -0.05) is 18.2 Å². The third-order valence-corrected chi connectivity index (χ3v) is 4.20. The van der Waals surface area contributed by atoms with Crippen LogP contribution in [0.3, 0.4) is 0 Å². The monoisotopic (exact) mass is 260 g/mol. The molecule has 0 unspecified atom stereocenters. The highest BCUT2D eigenvalue weighted by molar-refractivity contribution is 7.79. The number of para-hydroxylation sites is 1. The Morgan fingerprint density at radius 1 is 1.35 bits per heavy atom. The second-order valence-electron chi connectivity index (χ2n) is 3.96. The molecule has 86 valence electrons. The highest BCUT2D eigenvalue weighted by atomic mass is 32.1. The van der Waals surface area contributed by atoms with Gasteiger partial charge in [0.2, 0.25) is 0 Å². The lowest BCUT2D eigenvalue weighted by atomic mass is 10.1. The number of hydrogen-bond donors (Lipinski definition) is 2. The van der Waals surface area contributed by atoms with Crippen LogP contribution in [-0.2, 0) is 5.75 Å². The van der Waals surface area contributed by atoms with E-state index in [4.69, 9.17) is 0 Å². The number of thiazole rings is 1. The molecule has 1 N–H and O–H groups in total. The summed E-state index contributed by atoms with van der Waals surface area (Å²) in [7, 11) is 0. The van der Waals surface area contributed by atoms with Gasteiger partial charge in [0, 0.05) is 33.3 Å². The summed E-state index contributed by atoms with van der Waals surface area (Å²) in [6.45, 7) is 2.09. The molecule has 0 aliphatic rings. The third-order valence-electron chi connectivity index (χ3n) is 2.84. The Labute approximate surface area is 109 Å². The van der Waals surface area contributed by atoms with E-state index in [0.717, 1.165) is 10.7 Å². The third kappa shape index (κ3) is 1.77. The van der Waals surface area contributed by atoms with Gasteiger partial charge in [-0.15, -0.1) is 11.3 Å². The van der Waals surface area contributed by atoms with Crippen molar-refractivity contribution in [1.29, 1.82) is 0 Å². The van der Waals surface area contributed by atoms with Crippen LogP contribution in [0, 0.1) is 6.92 Å². The first-order valence-electron chi connectivity index (χ1n) is 5.42. The molecular formula is C13H12N2S2. The maximum Gasteiger partial charge on any atom is 0.103 e. The lowest BCUT2D eigenvalue weighted by molar-refractivity contribution is 1.25. The van der Waals surface area contributed by atoms with E-state index in [9.17, 15) is 0 Å². The number of nitrogens with zero attached hydrogens (tertiary/aromatic N) is 1. The van der Waals surface area contributed by atoms with Crippen LogP contribution < -0.4 is 0 Å². The number of aromatic amines is 1. The van der Waals surface area contributed by atoms with E-state index in [1.165, 1.54) is 22.2 Å². The Hall–Kier alpha value is -1.26. The van der Waals surface area contributed by atoms with E-state index in [-0.39, 0.29) is 0 Å². The number of thiol groups is 1. The number of hydrogen-bond acceptors (Lipinski definition) is 3. The number of nitrogens with one attached hydrogen (secondary N) is 1. The number of H-pyrrole nitrogens is 1. The zero-order valence-electron chi connectivity index (χ0n) is 9.40. The smallest absolute Gasteiger partial charge is 0.103 e. The fourth-order valence-corrected chi connectivity index (χ4v) is 3.04. The Bertz CT molecular complexity index is 667. The van der Waals surface area contributed by atoms with Crippen LogP contribution in [0.1, 0.15) is 10.7 Å². The molecule has 0 aliphatic heterocycles. The summed E-state index contributed by atoms with van der Waals surface area (Å²) < 4.78 is 0. The van der Waals surface area contributed by atoms with E-state index in [2.05, 4.69) is 53.1 Å². The van der Waals surface area contributed by atoms with Crippen LogP contribution in [0.4, 0.5) is 0 Å². The molecule has 2 aromatic heterocycles. The molecule has 3 rings (SSSR count). The van der Waals surface area contributed by atoms with Gasteiger partial charge in [0.1, 0.15) is 5.01 Å². The normalized spacial score (nSPS) is 11.2. The molecule has 0 atom stereocenters. The van der Waals surface area contributed by atoms with Gasteiger partial charge < -0.3 is 4.98 Å². The van der Waals surface area contributed by atoms with Crippen molar-refractivity contribution >= 4 is 34.9 Å². The van der Waals surface area contributed by atoms with Gasteiger partial charge in [-0.05, 0) is 13.0 Å². The fraction of sp³-hybridized carbons (Fsp3) is 0.154. The van der Waals surface area contributed by atoms with Crippen LogP contribution >= 0.6 is 24.0 Å². The number of benzene rings is 1. The van der Waals surface area contributed by atoms with Crippen molar-refractivity contribution in [3.63, 3.8) is 0 Å². The topological polar surface area (TPSA) is 28.7 Å². The maximum absolute atomic E-state index is 4.60. The Kier molecular flexibility index (Phi) is 2.68. The summed E-state index contributed by atoms with van der Waals surface area (Å²) in [4.78, 5) is 8.00. The van der Waals surface area contributed by atoms with Gasteiger partial charge in [0.15, 0.2) is 0 Å². The highest BCUT2D eigenvalue weighted by Crippen LogP contribution is 2.32. The van der Waals surface area contributed by atoms with Gasteiger partial charge in [-0.3, -0.25) is 0 Å². The summed E-state index contributed by atoms with van der Waals surface area (Å²) in [5.41, 5.74) is 4.60. The molecule has 0 amide bonds. The van der Waals surface area contributed by atoms with Crippen LogP contribution in [-0.4, -0.2) is 9.97 Å². The van der Waals surface area contributed by atoms with E-state index in [0.29, 0.717) is 5.75 Å². The minimum atomic E-state index is 0.700. The Morgan fingerprint density at radius 3 is 2.94 bits per heavy atom. The average molecular weight is 260 g/mol. The van der Waals surface area contributed by atoms with Gasteiger partial charge >= 0.3 is 0 Å². The zero-order valence-corrected chi connectivity index (χ0v) is 11.1. The van der Waals surface area contributed by atoms with Gasteiger partial charge in [0.25, 0.3) is 0 Å². The number of aromatic nitrogens is 2. The van der Waals surface area contributed by atoms with Crippen LogP contribution in [0.25, 0.3) is 22.2 Å². The summed E-state index contributed by atoms with van der Waals surface area (Å²) >= 11 is 5.92. The van der Waals surface area contributed by atoms with Crippen molar-refractivity contribution in [2.24, 2.45) is 0 Å². The molecular weight excluding hydrogens is 248 g/mol. The summed E-state index contributed by atoms with van der Waals surface area (Å²) in [6.07, 6.45) is 0. The highest BCUT2D eigenvalue weighted by Gasteiger charge is 2.12. The Morgan fingerprint density at radius 2 is 2.18 bits per heavy atom. The predicted octanol–water partition coefficient (Wildman–Crippen LogP) is 4.03. The van der Waals surface area contributed by atoms with Crippen molar-refractivity contribution < 1.29 is 0 Å². The van der Waals surface area contributed by atoms with Gasteiger partial charge in [-0.2, -0.15) is 12.6 Å². The van der Waals surface area contributed by atoms with Crippen LogP contribution in [0.15, 0.2) is 29.6 Å². The quantitative estimate of drug-likeness (QED) is 0.669. The van der Waals surface area contributed by atoms with Crippen molar-refractivity contribution in [2.75, 3.05) is 0 Å².